The molecule has 0 radical (unpaired) electrons. The largest absolute Gasteiger partial charge is 0.496 e. The van der Waals surface area contributed by atoms with E-state index in [-0.39, 0.29) is 19.0 Å². The summed E-state index contributed by atoms with van der Waals surface area (Å²) in [6.07, 6.45) is 0. The van der Waals surface area contributed by atoms with Gasteiger partial charge in [-0.25, -0.2) is 0 Å². The van der Waals surface area contributed by atoms with Crippen LogP contribution in [0.5, 0.6) is 5.75 Å². The van der Waals surface area contributed by atoms with Crippen molar-refractivity contribution < 1.29 is 19.1 Å². The summed E-state index contributed by atoms with van der Waals surface area (Å²) in [5, 5.41) is 2.78. The van der Waals surface area contributed by atoms with Gasteiger partial charge in [-0.05, 0) is 18.6 Å². The Labute approximate surface area is 170 Å². The molecule has 1 heterocycles. The minimum absolute atomic E-state index is 0.141. The molecule has 0 aromatic heterocycles. The van der Waals surface area contributed by atoms with E-state index >= 15 is 0 Å². The summed E-state index contributed by atoms with van der Waals surface area (Å²) >= 11 is 0. The third-order valence-electron chi connectivity index (χ3n) is 4.86. The molecule has 2 aromatic carbocycles. The van der Waals surface area contributed by atoms with E-state index in [1.165, 1.54) is 9.80 Å². The molecule has 1 fully saturated rings. The lowest BCUT2D eigenvalue weighted by Gasteiger charge is -2.33. The number of hydrogen-bond donors (Lipinski definition) is 1. The van der Waals surface area contributed by atoms with Crippen molar-refractivity contribution in [3.8, 4) is 5.75 Å². The van der Waals surface area contributed by atoms with Crippen LogP contribution in [0.15, 0.2) is 48.5 Å². The summed E-state index contributed by atoms with van der Waals surface area (Å²) in [6.45, 7) is 3.26. The molecule has 7 heteroatoms. The highest BCUT2D eigenvalue weighted by Gasteiger charge is 2.33. The minimum Gasteiger partial charge on any atom is -0.496 e. The van der Waals surface area contributed by atoms with Crippen molar-refractivity contribution in [2.75, 3.05) is 26.7 Å². The number of rotatable bonds is 7. The number of hydrogen-bond acceptors (Lipinski definition) is 4. The SMILES string of the molecule is COc1ccccc1CNC(=O)CN1CCN(Cc2cccc(C)c2)C(=O)C1=O. The van der Waals surface area contributed by atoms with Crippen LogP contribution >= 0.6 is 0 Å². The Balaban J connectivity index is 1.53. The highest BCUT2D eigenvalue weighted by Crippen LogP contribution is 2.17. The van der Waals surface area contributed by atoms with Crippen LogP contribution in [0.1, 0.15) is 16.7 Å². The molecule has 1 aliphatic heterocycles. The zero-order chi connectivity index (χ0) is 20.8. The lowest BCUT2D eigenvalue weighted by molar-refractivity contribution is -0.157. The van der Waals surface area contributed by atoms with Crippen molar-refractivity contribution in [2.24, 2.45) is 0 Å². The topological polar surface area (TPSA) is 79.0 Å². The van der Waals surface area contributed by atoms with E-state index < -0.39 is 11.8 Å². The van der Waals surface area contributed by atoms with E-state index in [0.717, 1.165) is 16.7 Å². The van der Waals surface area contributed by atoms with Crippen LogP contribution in [0.3, 0.4) is 0 Å². The maximum absolute atomic E-state index is 12.5. The molecule has 0 bridgehead atoms. The lowest BCUT2D eigenvalue weighted by atomic mass is 10.1. The van der Waals surface area contributed by atoms with Crippen LogP contribution in [0.25, 0.3) is 0 Å². The zero-order valence-electron chi connectivity index (χ0n) is 16.7. The van der Waals surface area contributed by atoms with Crippen LogP contribution in [0.2, 0.25) is 0 Å². The Bertz CT molecular complexity index is 912. The first kappa shape index (κ1) is 20.4. The fourth-order valence-electron chi connectivity index (χ4n) is 3.32. The van der Waals surface area contributed by atoms with Crippen LogP contribution in [-0.4, -0.2) is 54.3 Å². The molecule has 7 nitrogen and oxygen atoms in total. The summed E-state index contributed by atoms with van der Waals surface area (Å²) in [5.41, 5.74) is 2.93. The highest BCUT2D eigenvalue weighted by atomic mass is 16.5. The third-order valence-corrected chi connectivity index (χ3v) is 4.86. The number of amides is 3. The first-order valence-corrected chi connectivity index (χ1v) is 9.50. The Hall–Kier alpha value is -3.35. The third kappa shape index (κ3) is 5.13. The van der Waals surface area contributed by atoms with E-state index in [0.29, 0.717) is 25.4 Å². The number of nitrogens with zero attached hydrogens (tertiary/aromatic N) is 2. The Kier molecular flexibility index (Phi) is 6.49. The molecule has 0 unspecified atom stereocenters. The van der Waals surface area contributed by atoms with Gasteiger partial charge in [0.05, 0.1) is 7.11 Å². The predicted octanol–water partition coefficient (Wildman–Crippen LogP) is 1.49. The summed E-state index contributed by atoms with van der Waals surface area (Å²) in [6, 6.07) is 15.2. The highest BCUT2D eigenvalue weighted by molar-refractivity contribution is 6.35. The fraction of sp³-hybridized carbons (Fsp3) is 0.318. The average molecular weight is 395 g/mol. The molecule has 0 saturated carbocycles. The first-order chi connectivity index (χ1) is 14.0. The van der Waals surface area contributed by atoms with E-state index in [9.17, 15) is 14.4 Å². The van der Waals surface area contributed by atoms with Gasteiger partial charge in [0.1, 0.15) is 12.3 Å². The lowest BCUT2D eigenvalue weighted by Crippen LogP contribution is -2.55. The Morgan fingerprint density at radius 3 is 2.52 bits per heavy atom. The minimum atomic E-state index is -0.642. The molecular formula is C22H25N3O4. The second kappa shape index (κ2) is 9.23. The molecule has 1 saturated heterocycles. The molecule has 29 heavy (non-hydrogen) atoms. The monoisotopic (exact) mass is 395 g/mol. The maximum atomic E-state index is 12.5. The van der Waals surface area contributed by atoms with Gasteiger partial charge in [0.2, 0.25) is 5.91 Å². The van der Waals surface area contributed by atoms with E-state index in [1.54, 1.807) is 7.11 Å². The normalized spacial score (nSPS) is 14.1. The standard InChI is InChI=1S/C22H25N3O4/c1-16-6-5-7-17(12-16)14-24-10-11-25(22(28)21(24)27)15-20(26)23-13-18-8-3-4-9-19(18)29-2/h3-9,12H,10-11,13-15H2,1-2H3,(H,23,26). The Morgan fingerprint density at radius 2 is 1.76 bits per heavy atom. The molecule has 2 aromatic rings. The second-order valence-corrected chi connectivity index (χ2v) is 7.03. The average Bonchev–Trinajstić information content (AvgIpc) is 2.72. The number of carbonyl (C=O) groups is 3. The van der Waals surface area contributed by atoms with E-state index in [1.807, 2.05) is 55.5 Å². The van der Waals surface area contributed by atoms with Crippen molar-refractivity contribution in [1.29, 1.82) is 0 Å². The van der Waals surface area contributed by atoms with Gasteiger partial charge in [-0.15, -0.1) is 0 Å². The van der Waals surface area contributed by atoms with Crippen LogP contribution in [0, 0.1) is 6.92 Å². The van der Waals surface area contributed by atoms with Crippen molar-refractivity contribution in [1.82, 2.24) is 15.1 Å². The van der Waals surface area contributed by atoms with Crippen LogP contribution in [0.4, 0.5) is 0 Å². The summed E-state index contributed by atoms with van der Waals surface area (Å²) in [4.78, 5) is 40.0. The predicted molar refractivity (Wildman–Crippen MR) is 108 cm³/mol. The number of para-hydroxylation sites is 1. The molecular weight excluding hydrogens is 370 g/mol. The number of ether oxygens (including phenoxy) is 1. The van der Waals surface area contributed by atoms with Crippen LogP contribution in [-0.2, 0) is 27.5 Å². The van der Waals surface area contributed by atoms with Crippen molar-refractivity contribution >= 4 is 17.7 Å². The van der Waals surface area contributed by atoms with Gasteiger partial charge in [0.15, 0.2) is 0 Å². The van der Waals surface area contributed by atoms with E-state index in [2.05, 4.69) is 5.32 Å². The molecule has 3 rings (SSSR count). The number of aryl methyl sites for hydroxylation is 1. The summed E-state index contributed by atoms with van der Waals surface area (Å²) < 4.78 is 5.26. The first-order valence-electron chi connectivity index (χ1n) is 9.50. The van der Waals surface area contributed by atoms with Gasteiger partial charge in [0, 0.05) is 31.7 Å². The van der Waals surface area contributed by atoms with Gasteiger partial charge in [0.25, 0.3) is 0 Å². The van der Waals surface area contributed by atoms with Gasteiger partial charge in [-0.3, -0.25) is 14.4 Å². The number of nitrogens with one attached hydrogen (secondary N) is 1. The summed E-state index contributed by atoms with van der Waals surface area (Å²) in [7, 11) is 1.57. The van der Waals surface area contributed by atoms with Gasteiger partial charge >= 0.3 is 11.8 Å². The number of methoxy groups -OCH3 is 1. The summed E-state index contributed by atoms with van der Waals surface area (Å²) in [5.74, 6) is -0.848. The molecule has 0 aliphatic carbocycles. The Morgan fingerprint density at radius 1 is 1.03 bits per heavy atom. The van der Waals surface area contributed by atoms with Crippen molar-refractivity contribution in [2.45, 2.75) is 20.0 Å². The van der Waals surface area contributed by atoms with Gasteiger partial charge in [-0.1, -0.05) is 48.0 Å². The molecule has 0 spiro atoms. The van der Waals surface area contributed by atoms with Gasteiger partial charge < -0.3 is 19.9 Å². The van der Waals surface area contributed by atoms with Crippen LogP contribution < -0.4 is 10.1 Å². The van der Waals surface area contributed by atoms with E-state index in [4.69, 9.17) is 4.74 Å². The molecule has 0 atom stereocenters. The second-order valence-electron chi connectivity index (χ2n) is 7.03. The smallest absolute Gasteiger partial charge is 0.312 e. The zero-order valence-corrected chi connectivity index (χ0v) is 16.7. The molecule has 152 valence electrons. The molecule has 1 N–H and O–H groups in total. The maximum Gasteiger partial charge on any atom is 0.312 e. The number of piperazine rings is 1. The van der Waals surface area contributed by atoms with Crippen molar-refractivity contribution in [3.05, 3.63) is 65.2 Å². The quantitative estimate of drug-likeness (QED) is 0.721. The molecule has 1 aliphatic rings. The number of benzene rings is 2. The van der Waals surface area contributed by atoms with Crippen molar-refractivity contribution in [3.63, 3.8) is 0 Å². The molecule has 3 amide bonds. The number of carbonyl (C=O) groups excluding carboxylic acids is 3. The fourth-order valence-corrected chi connectivity index (χ4v) is 3.32. The van der Waals surface area contributed by atoms with Gasteiger partial charge in [-0.2, -0.15) is 0 Å².